The fourth-order valence-corrected chi connectivity index (χ4v) is 2.01. The molecule has 1 atom stereocenters. The van der Waals surface area contributed by atoms with Gasteiger partial charge in [-0.25, -0.2) is 4.98 Å². The lowest BCUT2D eigenvalue weighted by molar-refractivity contribution is -0.117. The number of hydrogen-bond donors (Lipinski definition) is 2. The zero-order valence-corrected chi connectivity index (χ0v) is 9.60. The molecule has 0 saturated carbocycles. The van der Waals surface area contributed by atoms with Crippen LogP contribution < -0.4 is 16.0 Å². The summed E-state index contributed by atoms with van der Waals surface area (Å²) in [5, 5.41) is 2.90. The Labute approximate surface area is 100 Å². The minimum atomic E-state index is -0.119. The molecule has 0 radical (unpaired) electrons. The molecule has 2 heterocycles. The van der Waals surface area contributed by atoms with Crippen molar-refractivity contribution >= 4 is 17.4 Å². The van der Waals surface area contributed by atoms with Crippen LogP contribution in [0.1, 0.15) is 6.42 Å². The summed E-state index contributed by atoms with van der Waals surface area (Å²) < 4.78 is 0. The van der Waals surface area contributed by atoms with Crippen molar-refractivity contribution in [3.05, 3.63) is 31.0 Å². The van der Waals surface area contributed by atoms with Crippen LogP contribution in [0.5, 0.6) is 0 Å². The Kier molecular flexibility index (Phi) is 3.27. The molecule has 1 amide bonds. The lowest BCUT2D eigenvalue weighted by Gasteiger charge is -2.18. The number of aromatic nitrogens is 1. The third-order valence-corrected chi connectivity index (χ3v) is 2.85. The largest absolute Gasteiger partial charge is 0.384 e. The standard InChI is InChI=1S/C12H16N4O/c1-2-12(17)15-9-4-6-16(8-9)10-3-5-14-11(13)7-10/h2-3,5,7,9H,1,4,6,8H2,(H2,13,14)(H,15,17)/t9-/m1/s1. The van der Waals surface area contributed by atoms with E-state index >= 15 is 0 Å². The van der Waals surface area contributed by atoms with Crippen molar-refractivity contribution < 1.29 is 4.79 Å². The predicted octanol–water partition coefficient (Wildman–Crippen LogP) is 0.545. The van der Waals surface area contributed by atoms with Crippen molar-refractivity contribution in [2.24, 2.45) is 0 Å². The van der Waals surface area contributed by atoms with Crippen LogP contribution >= 0.6 is 0 Å². The monoisotopic (exact) mass is 232 g/mol. The van der Waals surface area contributed by atoms with Gasteiger partial charge in [-0.3, -0.25) is 4.79 Å². The van der Waals surface area contributed by atoms with Crippen molar-refractivity contribution in [1.82, 2.24) is 10.3 Å². The average molecular weight is 232 g/mol. The molecule has 1 aromatic rings. The average Bonchev–Trinajstić information content (AvgIpc) is 2.77. The first-order valence-electron chi connectivity index (χ1n) is 5.58. The normalized spacial score (nSPS) is 19.1. The van der Waals surface area contributed by atoms with Crippen molar-refractivity contribution in [2.75, 3.05) is 23.7 Å². The van der Waals surface area contributed by atoms with E-state index in [9.17, 15) is 4.79 Å². The molecule has 17 heavy (non-hydrogen) atoms. The van der Waals surface area contributed by atoms with E-state index in [1.807, 2.05) is 12.1 Å². The minimum absolute atomic E-state index is 0.119. The highest BCUT2D eigenvalue weighted by Gasteiger charge is 2.23. The van der Waals surface area contributed by atoms with Crippen molar-refractivity contribution in [3.8, 4) is 0 Å². The van der Waals surface area contributed by atoms with Crippen molar-refractivity contribution in [2.45, 2.75) is 12.5 Å². The second kappa shape index (κ2) is 4.86. The highest BCUT2D eigenvalue weighted by Crippen LogP contribution is 2.21. The van der Waals surface area contributed by atoms with Gasteiger partial charge in [0.2, 0.25) is 5.91 Å². The van der Waals surface area contributed by atoms with Crippen LogP contribution in [-0.4, -0.2) is 30.0 Å². The Hall–Kier alpha value is -2.04. The number of hydrogen-bond acceptors (Lipinski definition) is 4. The molecule has 0 bridgehead atoms. The number of carbonyl (C=O) groups is 1. The summed E-state index contributed by atoms with van der Waals surface area (Å²) in [6.07, 6.45) is 3.93. The number of carbonyl (C=O) groups excluding carboxylic acids is 1. The lowest BCUT2D eigenvalue weighted by atomic mass is 10.2. The summed E-state index contributed by atoms with van der Waals surface area (Å²) in [4.78, 5) is 17.3. The van der Waals surface area contributed by atoms with E-state index < -0.39 is 0 Å². The molecule has 5 nitrogen and oxygen atoms in total. The third-order valence-electron chi connectivity index (χ3n) is 2.85. The zero-order valence-electron chi connectivity index (χ0n) is 9.60. The Morgan fingerprint density at radius 3 is 3.24 bits per heavy atom. The van der Waals surface area contributed by atoms with Crippen molar-refractivity contribution in [1.29, 1.82) is 0 Å². The van der Waals surface area contributed by atoms with Gasteiger partial charge < -0.3 is 16.0 Å². The van der Waals surface area contributed by atoms with E-state index in [0.717, 1.165) is 25.2 Å². The van der Waals surface area contributed by atoms with Gasteiger partial charge in [0.25, 0.3) is 0 Å². The molecule has 0 spiro atoms. The smallest absolute Gasteiger partial charge is 0.243 e. The maximum Gasteiger partial charge on any atom is 0.243 e. The molecule has 1 saturated heterocycles. The van der Waals surface area contributed by atoms with Gasteiger partial charge in [0.05, 0.1) is 0 Å². The van der Waals surface area contributed by atoms with E-state index in [1.54, 1.807) is 6.20 Å². The van der Waals surface area contributed by atoms with Crippen LogP contribution in [0.3, 0.4) is 0 Å². The number of nitrogen functional groups attached to an aromatic ring is 1. The minimum Gasteiger partial charge on any atom is -0.384 e. The maximum absolute atomic E-state index is 11.2. The van der Waals surface area contributed by atoms with Gasteiger partial charge in [-0.05, 0) is 18.6 Å². The van der Waals surface area contributed by atoms with E-state index in [-0.39, 0.29) is 11.9 Å². The van der Waals surface area contributed by atoms with E-state index in [1.165, 1.54) is 6.08 Å². The van der Waals surface area contributed by atoms with E-state index in [2.05, 4.69) is 21.8 Å². The van der Waals surface area contributed by atoms with Crippen LogP contribution in [0.15, 0.2) is 31.0 Å². The summed E-state index contributed by atoms with van der Waals surface area (Å²) in [6.45, 7) is 5.14. The molecule has 3 N–H and O–H groups in total. The molecule has 1 aliphatic heterocycles. The van der Waals surface area contributed by atoms with E-state index in [4.69, 9.17) is 5.73 Å². The van der Waals surface area contributed by atoms with Gasteiger partial charge in [-0.2, -0.15) is 0 Å². The molecule has 90 valence electrons. The number of nitrogens with zero attached hydrogens (tertiary/aromatic N) is 2. The summed E-state index contributed by atoms with van der Waals surface area (Å²) in [6, 6.07) is 3.95. The SMILES string of the molecule is C=CC(=O)N[C@@H]1CCN(c2ccnc(N)c2)C1. The van der Waals surface area contributed by atoms with Gasteiger partial charge in [0.1, 0.15) is 5.82 Å². The predicted molar refractivity (Wildman–Crippen MR) is 67.6 cm³/mol. The second-order valence-electron chi connectivity index (χ2n) is 4.08. The van der Waals surface area contributed by atoms with Gasteiger partial charge in [0.15, 0.2) is 0 Å². The fourth-order valence-electron chi connectivity index (χ4n) is 2.01. The molecule has 2 rings (SSSR count). The van der Waals surface area contributed by atoms with Gasteiger partial charge in [-0.15, -0.1) is 0 Å². The molecule has 1 fully saturated rings. The fraction of sp³-hybridized carbons (Fsp3) is 0.333. The number of pyridine rings is 1. The Morgan fingerprint density at radius 2 is 2.53 bits per heavy atom. The highest BCUT2D eigenvalue weighted by atomic mass is 16.1. The number of amides is 1. The summed E-state index contributed by atoms with van der Waals surface area (Å²) in [7, 11) is 0. The Bertz CT molecular complexity index is 432. The first kappa shape index (κ1) is 11.4. The first-order chi connectivity index (χ1) is 8.19. The molecule has 0 unspecified atom stereocenters. The molecular formula is C12H16N4O. The Balaban J connectivity index is 1.98. The topological polar surface area (TPSA) is 71.2 Å². The lowest BCUT2D eigenvalue weighted by Crippen LogP contribution is -2.36. The van der Waals surface area contributed by atoms with Crippen LogP contribution in [0.4, 0.5) is 11.5 Å². The zero-order chi connectivity index (χ0) is 12.3. The van der Waals surface area contributed by atoms with Crippen LogP contribution in [0, 0.1) is 0 Å². The quantitative estimate of drug-likeness (QED) is 0.746. The summed E-state index contributed by atoms with van der Waals surface area (Å²) >= 11 is 0. The van der Waals surface area contributed by atoms with Crippen molar-refractivity contribution in [3.63, 3.8) is 0 Å². The second-order valence-corrected chi connectivity index (χ2v) is 4.08. The summed E-state index contributed by atoms with van der Waals surface area (Å²) in [5.41, 5.74) is 6.69. The number of nitrogens with two attached hydrogens (primary N) is 1. The van der Waals surface area contributed by atoms with Crippen LogP contribution in [0.2, 0.25) is 0 Å². The number of nitrogens with one attached hydrogen (secondary N) is 1. The first-order valence-corrected chi connectivity index (χ1v) is 5.58. The third kappa shape index (κ3) is 2.75. The van der Waals surface area contributed by atoms with Gasteiger partial charge in [-0.1, -0.05) is 6.58 Å². The van der Waals surface area contributed by atoms with Gasteiger partial charge >= 0.3 is 0 Å². The molecule has 5 heteroatoms. The van der Waals surface area contributed by atoms with E-state index in [0.29, 0.717) is 5.82 Å². The Morgan fingerprint density at radius 1 is 1.71 bits per heavy atom. The molecule has 0 aromatic carbocycles. The molecular weight excluding hydrogens is 216 g/mol. The van der Waals surface area contributed by atoms with Gasteiger partial charge in [0, 0.05) is 37.1 Å². The maximum atomic E-state index is 11.2. The molecule has 1 aliphatic rings. The van der Waals surface area contributed by atoms with Crippen LogP contribution in [0.25, 0.3) is 0 Å². The number of anilines is 2. The molecule has 0 aliphatic carbocycles. The summed E-state index contributed by atoms with van der Waals surface area (Å²) in [5.74, 6) is 0.396. The molecule has 1 aromatic heterocycles. The van der Waals surface area contributed by atoms with Crippen LogP contribution in [-0.2, 0) is 4.79 Å². The highest BCUT2D eigenvalue weighted by molar-refractivity contribution is 5.87. The number of rotatable bonds is 3.